The fourth-order valence-corrected chi connectivity index (χ4v) is 0.855. The molecule has 1 saturated heterocycles. The molecule has 1 atom stereocenters. The van der Waals surface area contributed by atoms with Crippen LogP contribution in [0.2, 0.25) is 0 Å². The van der Waals surface area contributed by atoms with E-state index in [0.29, 0.717) is 0 Å². The molecule has 1 rings (SSSR count). The van der Waals surface area contributed by atoms with E-state index >= 15 is 0 Å². The number of nitrogens with one attached hydrogen (secondary N) is 1. The van der Waals surface area contributed by atoms with Gasteiger partial charge < -0.3 is 10.1 Å². The van der Waals surface area contributed by atoms with Crippen LogP contribution in [0.1, 0.15) is 20.8 Å². The zero-order valence-corrected chi connectivity index (χ0v) is 6.60. The van der Waals surface area contributed by atoms with Crippen molar-refractivity contribution in [3.63, 3.8) is 0 Å². The van der Waals surface area contributed by atoms with E-state index < -0.39 is 0 Å². The molecule has 0 radical (unpaired) electrons. The van der Waals surface area contributed by atoms with E-state index in [1.165, 1.54) is 0 Å². The summed E-state index contributed by atoms with van der Waals surface area (Å²) in [5.41, 5.74) is 0.00611. The van der Waals surface area contributed by atoms with Crippen LogP contribution in [-0.2, 0) is 9.53 Å². The second-order valence-electron chi connectivity index (χ2n) is 3.62. The van der Waals surface area contributed by atoms with Gasteiger partial charge in [-0.3, -0.25) is 4.79 Å². The topological polar surface area (TPSA) is 38.3 Å². The summed E-state index contributed by atoms with van der Waals surface area (Å²) in [4.78, 5) is 10.7. The lowest BCUT2D eigenvalue weighted by Gasteiger charge is -2.24. The highest BCUT2D eigenvalue weighted by Crippen LogP contribution is 2.22. The van der Waals surface area contributed by atoms with Gasteiger partial charge in [-0.25, -0.2) is 0 Å². The standard InChI is InChI=1S/C7H13NO2/c1-7(2,3)6-8-5(9)4-10-6/h6H,4H2,1-3H3,(H,8,9)/t6-/m1/s1. The molecule has 1 amide bonds. The fraction of sp³-hybridized carbons (Fsp3) is 0.857. The van der Waals surface area contributed by atoms with Crippen LogP contribution in [0.3, 0.4) is 0 Å². The van der Waals surface area contributed by atoms with E-state index in [1.807, 2.05) is 20.8 Å². The first-order valence-electron chi connectivity index (χ1n) is 3.41. The maximum absolute atomic E-state index is 10.7. The van der Waals surface area contributed by atoms with Gasteiger partial charge in [-0.05, 0) is 0 Å². The third kappa shape index (κ3) is 1.48. The molecule has 3 nitrogen and oxygen atoms in total. The SMILES string of the molecule is CC(C)(C)[C@@H]1NC(=O)CO1. The largest absolute Gasteiger partial charge is 0.348 e. The Bertz CT molecular complexity index is 148. The first-order valence-corrected chi connectivity index (χ1v) is 3.41. The van der Waals surface area contributed by atoms with Gasteiger partial charge in [-0.15, -0.1) is 0 Å². The van der Waals surface area contributed by atoms with Crippen molar-refractivity contribution >= 4 is 5.91 Å². The number of amides is 1. The van der Waals surface area contributed by atoms with Crippen LogP contribution in [-0.4, -0.2) is 18.7 Å². The van der Waals surface area contributed by atoms with Crippen molar-refractivity contribution in [1.82, 2.24) is 5.32 Å². The van der Waals surface area contributed by atoms with E-state index in [1.54, 1.807) is 0 Å². The van der Waals surface area contributed by atoms with Crippen LogP contribution in [0.15, 0.2) is 0 Å². The molecule has 10 heavy (non-hydrogen) atoms. The normalized spacial score (nSPS) is 26.7. The monoisotopic (exact) mass is 143 g/mol. The minimum absolute atomic E-state index is 0.00611. The molecule has 1 N–H and O–H groups in total. The Labute approximate surface area is 60.7 Å². The maximum Gasteiger partial charge on any atom is 0.248 e. The van der Waals surface area contributed by atoms with Gasteiger partial charge in [0, 0.05) is 5.41 Å². The Hall–Kier alpha value is -0.570. The molecular weight excluding hydrogens is 130 g/mol. The molecule has 0 saturated carbocycles. The summed E-state index contributed by atoms with van der Waals surface area (Å²) in [6.45, 7) is 6.30. The number of carbonyl (C=O) groups excluding carboxylic acids is 1. The van der Waals surface area contributed by atoms with Crippen molar-refractivity contribution in [2.45, 2.75) is 27.0 Å². The Morgan fingerprint density at radius 1 is 1.60 bits per heavy atom. The lowest BCUT2D eigenvalue weighted by atomic mass is 9.94. The Balaban J connectivity index is 2.53. The summed E-state index contributed by atoms with van der Waals surface area (Å²) < 4.78 is 5.17. The summed E-state index contributed by atoms with van der Waals surface area (Å²) in [6, 6.07) is 0. The summed E-state index contributed by atoms with van der Waals surface area (Å²) in [5.74, 6) is -0.0140. The summed E-state index contributed by atoms with van der Waals surface area (Å²) >= 11 is 0. The maximum atomic E-state index is 10.7. The highest BCUT2D eigenvalue weighted by Gasteiger charge is 2.31. The van der Waals surface area contributed by atoms with E-state index in [-0.39, 0.29) is 24.2 Å². The molecule has 1 aliphatic rings. The van der Waals surface area contributed by atoms with E-state index in [4.69, 9.17) is 4.74 Å². The van der Waals surface area contributed by atoms with Crippen LogP contribution >= 0.6 is 0 Å². The van der Waals surface area contributed by atoms with E-state index in [2.05, 4.69) is 5.32 Å². The second-order valence-corrected chi connectivity index (χ2v) is 3.62. The average Bonchev–Trinajstić information content (AvgIpc) is 2.11. The average molecular weight is 143 g/mol. The molecule has 1 aliphatic heterocycles. The summed E-state index contributed by atoms with van der Waals surface area (Å²) in [7, 11) is 0. The zero-order valence-electron chi connectivity index (χ0n) is 6.60. The number of hydrogen-bond donors (Lipinski definition) is 1. The van der Waals surface area contributed by atoms with Crippen LogP contribution in [0.25, 0.3) is 0 Å². The number of hydrogen-bond acceptors (Lipinski definition) is 2. The molecule has 0 unspecified atom stereocenters. The summed E-state index contributed by atoms with van der Waals surface area (Å²) in [5, 5.41) is 2.73. The lowest BCUT2D eigenvalue weighted by molar-refractivity contribution is -0.119. The molecule has 0 aromatic heterocycles. The molecule has 3 heteroatoms. The van der Waals surface area contributed by atoms with Gasteiger partial charge in [0.15, 0.2) is 0 Å². The first-order chi connectivity index (χ1) is 4.50. The molecule has 0 aliphatic carbocycles. The summed E-state index contributed by atoms with van der Waals surface area (Å²) in [6.07, 6.45) is -0.111. The third-order valence-corrected chi connectivity index (χ3v) is 1.46. The second kappa shape index (κ2) is 2.23. The van der Waals surface area contributed by atoms with Gasteiger partial charge in [0.25, 0.3) is 0 Å². The molecule has 1 heterocycles. The van der Waals surface area contributed by atoms with Crippen LogP contribution in [0.4, 0.5) is 0 Å². The van der Waals surface area contributed by atoms with Crippen molar-refractivity contribution in [1.29, 1.82) is 0 Å². The quantitative estimate of drug-likeness (QED) is 0.536. The minimum Gasteiger partial charge on any atom is -0.348 e. The molecule has 1 fully saturated rings. The van der Waals surface area contributed by atoms with E-state index in [9.17, 15) is 4.79 Å². The number of carbonyl (C=O) groups is 1. The molecule has 58 valence electrons. The van der Waals surface area contributed by atoms with Gasteiger partial charge >= 0.3 is 0 Å². The molecular formula is C7H13NO2. The van der Waals surface area contributed by atoms with Crippen molar-refractivity contribution in [3.05, 3.63) is 0 Å². The van der Waals surface area contributed by atoms with Crippen molar-refractivity contribution < 1.29 is 9.53 Å². The number of rotatable bonds is 0. The van der Waals surface area contributed by atoms with Gasteiger partial charge in [0.2, 0.25) is 5.91 Å². The van der Waals surface area contributed by atoms with Crippen LogP contribution in [0.5, 0.6) is 0 Å². The van der Waals surface area contributed by atoms with Crippen molar-refractivity contribution in [2.24, 2.45) is 5.41 Å². The Kier molecular flexibility index (Phi) is 1.68. The lowest BCUT2D eigenvalue weighted by Crippen LogP contribution is -2.37. The molecule has 0 aromatic rings. The number of ether oxygens (including phenoxy) is 1. The predicted molar refractivity (Wildman–Crippen MR) is 37.3 cm³/mol. The first kappa shape index (κ1) is 7.54. The molecule has 0 spiro atoms. The smallest absolute Gasteiger partial charge is 0.248 e. The van der Waals surface area contributed by atoms with E-state index in [0.717, 1.165) is 0 Å². The zero-order chi connectivity index (χ0) is 7.78. The highest BCUT2D eigenvalue weighted by atomic mass is 16.5. The Morgan fingerprint density at radius 3 is 2.40 bits per heavy atom. The van der Waals surface area contributed by atoms with Gasteiger partial charge in [-0.1, -0.05) is 20.8 Å². The van der Waals surface area contributed by atoms with Crippen molar-refractivity contribution in [2.75, 3.05) is 6.61 Å². The van der Waals surface area contributed by atoms with Gasteiger partial charge in [0.1, 0.15) is 12.8 Å². The predicted octanol–water partition coefficient (Wildman–Crippen LogP) is 0.505. The highest BCUT2D eigenvalue weighted by molar-refractivity contribution is 5.78. The third-order valence-electron chi connectivity index (χ3n) is 1.46. The van der Waals surface area contributed by atoms with Gasteiger partial charge in [-0.2, -0.15) is 0 Å². The van der Waals surface area contributed by atoms with Crippen LogP contribution < -0.4 is 5.32 Å². The fourth-order valence-electron chi connectivity index (χ4n) is 0.855. The Morgan fingerprint density at radius 2 is 2.20 bits per heavy atom. The van der Waals surface area contributed by atoms with Crippen LogP contribution in [0, 0.1) is 5.41 Å². The minimum atomic E-state index is -0.111. The van der Waals surface area contributed by atoms with Crippen molar-refractivity contribution in [3.8, 4) is 0 Å². The van der Waals surface area contributed by atoms with Gasteiger partial charge in [0.05, 0.1) is 0 Å². The molecule has 0 aromatic carbocycles. The molecule has 0 bridgehead atoms.